The van der Waals surface area contributed by atoms with E-state index < -0.39 is 22.9 Å². The molecular formula is C9H19F2NO3S. The molecule has 0 spiro atoms. The van der Waals surface area contributed by atoms with Crippen LogP contribution in [-0.2, 0) is 14.6 Å². The summed E-state index contributed by atoms with van der Waals surface area (Å²) in [6.45, 7) is 3.53. The standard InChI is InChI=1S/C9H19F2NO3S/c1-8(2)16(13,14)6-4-12-3-5-15-7-9(10)11/h8-9,12H,3-7H2,1-2H3. The molecule has 0 aliphatic carbocycles. The fourth-order valence-electron chi connectivity index (χ4n) is 0.892. The van der Waals surface area contributed by atoms with Crippen LogP contribution in [0.1, 0.15) is 13.8 Å². The van der Waals surface area contributed by atoms with E-state index >= 15 is 0 Å². The van der Waals surface area contributed by atoms with Crippen LogP contribution in [0.2, 0.25) is 0 Å². The summed E-state index contributed by atoms with van der Waals surface area (Å²) < 4.78 is 50.5. The Labute approximate surface area is 95.3 Å². The van der Waals surface area contributed by atoms with Crippen LogP contribution in [0.25, 0.3) is 0 Å². The topological polar surface area (TPSA) is 55.4 Å². The Morgan fingerprint density at radius 3 is 2.38 bits per heavy atom. The lowest BCUT2D eigenvalue weighted by atomic mass is 10.6. The fourth-order valence-corrected chi connectivity index (χ4v) is 1.79. The second kappa shape index (κ2) is 7.92. The average molecular weight is 259 g/mol. The molecule has 0 heterocycles. The number of hydrogen-bond acceptors (Lipinski definition) is 4. The maximum atomic E-state index is 11.6. The molecule has 4 nitrogen and oxygen atoms in total. The van der Waals surface area contributed by atoms with Gasteiger partial charge in [0.2, 0.25) is 0 Å². The van der Waals surface area contributed by atoms with E-state index in [4.69, 9.17) is 0 Å². The van der Waals surface area contributed by atoms with Crippen molar-refractivity contribution in [2.45, 2.75) is 25.5 Å². The molecule has 0 saturated carbocycles. The molecule has 0 saturated heterocycles. The molecule has 0 fully saturated rings. The van der Waals surface area contributed by atoms with Crippen molar-refractivity contribution in [3.8, 4) is 0 Å². The monoisotopic (exact) mass is 259 g/mol. The minimum absolute atomic E-state index is 0.0551. The zero-order valence-electron chi connectivity index (χ0n) is 9.58. The Morgan fingerprint density at radius 2 is 1.88 bits per heavy atom. The normalized spacial score (nSPS) is 12.6. The SMILES string of the molecule is CC(C)S(=O)(=O)CCNCCOCC(F)F. The van der Waals surface area contributed by atoms with Gasteiger partial charge < -0.3 is 10.1 Å². The summed E-state index contributed by atoms with van der Waals surface area (Å²) in [7, 11) is -3.03. The number of hydrogen-bond donors (Lipinski definition) is 1. The molecule has 98 valence electrons. The average Bonchev–Trinajstić information content (AvgIpc) is 2.15. The van der Waals surface area contributed by atoms with Gasteiger partial charge in [0.1, 0.15) is 6.61 Å². The molecule has 0 aliphatic heterocycles. The summed E-state index contributed by atoms with van der Waals surface area (Å²) in [4.78, 5) is 0. The Morgan fingerprint density at radius 1 is 1.25 bits per heavy atom. The molecule has 0 aromatic heterocycles. The van der Waals surface area contributed by atoms with E-state index in [0.29, 0.717) is 13.1 Å². The summed E-state index contributed by atoms with van der Waals surface area (Å²) in [5, 5.41) is 2.44. The number of alkyl halides is 2. The molecule has 0 aromatic rings. The second-order valence-electron chi connectivity index (χ2n) is 3.63. The van der Waals surface area contributed by atoms with Crippen LogP contribution in [0.4, 0.5) is 8.78 Å². The van der Waals surface area contributed by atoms with E-state index in [-0.39, 0.29) is 17.6 Å². The van der Waals surface area contributed by atoms with Crippen molar-refractivity contribution >= 4 is 9.84 Å². The van der Waals surface area contributed by atoms with E-state index in [1.54, 1.807) is 13.8 Å². The van der Waals surface area contributed by atoms with Gasteiger partial charge in [-0.1, -0.05) is 0 Å². The number of rotatable bonds is 9. The van der Waals surface area contributed by atoms with Crippen LogP contribution < -0.4 is 5.32 Å². The van der Waals surface area contributed by atoms with Gasteiger partial charge >= 0.3 is 0 Å². The highest BCUT2D eigenvalue weighted by Crippen LogP contribution is 1.98. The highest BCUT2D eigenvalue weighted by molar-refractivity contribution is 7.92. The predicted octanol–water partition coefficient (Wildman–Crippen LogP) is 0.681. The Hall–Kier alpha value is -0.270. The maximum absolute atomic E-state index is 11.6. The summed E-state index contributed by atoms with van der Waals surface area (Å²) >= 11 is 0. The van der Waals surface area contributed by atoms with E-state index in [0.717, 1.165) is 0 Å². The van der Waals surface area contributed by atoms with Gasteiger partial charge in [-0.15, -0.1) is 0 Å². The van der Waals surface area contributed by atoms with E-state index in [9.17, 15) is 17.2 Å². The fraction of sp³-hybridized carbons (Fsp3) is 1.00. The molecule has 16 heavy (non-hydrogen) atoms. The van der Waals surface area contributed by atoms with E-state index in [1.165, 1.54) is 0 Å². The van der Waals surface area contributed by atoms with Crippen LogP contribution in [0.15, 0.2) is 0 Å². The lowest BCUT2D eigenvalue weighted by Gasteiger charge is -2.08. The number of nitrogens with one attached hydrogen (secondary N) is 1. The summed E-state index contributed by atoms with van der Waals surface area (Å²) in [5.74, 6) is 0.0551. The van der Waals surface area contributed by atoms with Crippen LogP contribution >= 0.6 is 0 Å². The van der Waals surface area contributed by atoms with Crippen LogP contribution in [0, 0.1) is 0 Å². The highest BCUT2D eigenvalue weighted by atomic mass is 32.2. The molecule has 0 amide bonds. The van der Waals surface area contributed by atoms with Gasteiger partial charge in [0.25, 0.3) is 6.43 Å². The first-order valence-corrected chi connectivity index (χ1v) is 6.86. The molecule has 0 radical (unpaired) electrons. The third kappa shape index (κ3) is 7.95. The highest BCUT2D eigenvalue weighted by Gasteiger charge is 2.14. The lowest BCUT2D eigenvalue weighted by molar-refractivity contribution is 0.0189. The minimum atomic E-state index is -3.03. The quantitative estimate of drug-likeness (QED) is 0.619. The van der Waals surface area contributed by atoms with Crippen LogP contribution in [0.3, 0.4) is 0 Å². The lowest BCUT2D eigenvalue weighted by Crippen LogP contribution is -2.29. The van der Waals surface area contributed by atoms with E-state index in [2.05, 4.69) is 10.1 Å². The first kappa shape index (κ1) is 15.7. The molecule has 7 heteroatoms. The van der Waals surface area contributed by atoms with Gasteiger partial charge in [-0.05, 0) is 13.8 Å². The third-order valence-electron chi connectivity index (χ3n) is 1.95. The van der Waals surface area contributed by atoms with Gasteiger partial charge in [0.15, 0.2) is 9.84 Å². The molecule has 0 rings (SSSR count). The minimum Gasteiger partial charge on any atom is -0.374 e. The first-order chi connectivity index (χ1) is 7.36. The molecule has 0 unspecified atom stereocenters. The molecule has 0 atom stereocenters. The van der Waals surface area contributed by atoms with E-state index in [1.807, 2.05) is 0 Å². The summed E-state index contributed by atoms with van der Waals surface area (Å²) in [6.07, 6.45) is -2.46. The first-order valence-electron chi connectivity index (χ1n) is 5.14. The van der Waals surface area contributed by atoms with Crippen LogP contribution in [0.5, 0.6) is 0 Å². The van der Waals surface area contributed by atoms with Crippen LogP contribution in [-0.4, -0.2) is 52.1 Å². The van der Waals surface area contributed by atoms with Crippen molar-refractivity contribution in [1.82, 2.24) is 5.32 Å². The molecule has 0 bridgehead atoms. The summed E-state index contributed by atoms with van der Waals surface area (Å²) in [5.41, 5.74) is 0. The van der Waals surface area contributed by atoms with Crippen molar-refractivity contribution < 1.29 is 21.9 Å². The van der Waals surface area contributed by atoms with Crippen molar-refractivity contribution in [3.63, 3.8) is 0 Å². The van der Waals surface area contributed by atoms with Gasteiger partial charge in [0, 0.05) is 13.1 Å². The Balaban J connectivity index is 3.41. The Bertz CT molecular complexity index is 268. The zero-order valence-corrected chi connectivity index (χ0v) is 10.4. The predicted molar refractivity (Wildman–Crippen MR) is 58.6 cm³/mol. The molecule has 1 N–H and O–H groups in total. The van der Waals surface area contributed by atoms with Crippen molar-refractivity contribution in [3.05, 3.63) is 0 Å². The van der Waals surface area contributed by atoms with Crippen molar-refractivity contribution in [2.24, 2.45) is 0 Å². The molecule has 0 aromatic carbocycles. The van der Waals surface area contributed by atoms with Crippen molar-refractivity contribution in [1.29, 1.82) is 0 Å². The molecule has 0 aliphatic rings. The van der Waals surface area contributed by atoms with Gasteiger partial charge in [-0.3, -0.25) is 0 Å². The maximum Gasteiger partial charge on any atom is 0.261 e. The summed E-state index contributed by atoms with van der Waals surface area (Å²) in [6, 6.07) is 0. The Kier molecular flexibility index (Phi) is 7.78. The second-order valence-corrected chi connectivity index (χ2v) is 6.31. The smallest absolute Gasteiger partial charge is 0.261 e. The van der Waals surface area contributed by atoms with Gasteiger partial charge in [-0.2, -0.15) is 0 Å². The zero-order chi connectivity index (χ0) is 12.6. The largest absolute Gasteiger partial charge is 0.374 e. The number of sulfone groups is 1. The van der Waals surface area contributed by atoms with Crippen molar-refractivity contribution in [2.75, 3.05) is 32.1 Å². The number of ether oxygens (including phenoxy) is 1. The van der Waals surface area contributed by atoms with Gasteiger partial charge in [0.05, 0.1) is 17.6 Å². The number of halogens is 2. The van der Waals surface area contributed by atoms with Gasteiger partial charge in [-0.25, -0.2) is 17.2 Å². The molecular weight excluding hydrogens is 240 g/mol. The third-order valence-corrected chi connectivity index (χ3v) is 4.16.